The van der Waals surface area contributed by atoms with E-state index in [2.05, 4.69) is 21.2 Å². The summed E-state index contributed by atoms with van der Waals surface area (Å²) < 4.78 is 1.06. The highest BCUT2D eigenvalue weighted by Gasteiger charge is 2.19. The van der Waals surface area contributed by atoms with Crippen LogP contribution < -0.4 is 5.32 Å². The Labute approximate surface area is 125 Å². The zero-order valence-electron chi connectivity index (χ0n) is 10.6. The molecular formula is C14H18BrNO2S. The van der Waals surface area contributed by atoms with E-state index in [0.717, 1.165) is 35.0 Å². The van der Waals surface area contributed by atoms with Crippen molar-refractivity contribution in [3.8, 4) is 0 Å². The molecule has 0 spiro atoms. The van der Waals surface area contributed by atoms with Gasteiger partial charge >= 0.3 is 0 Å². The van der Waals surface area contributed by atoms with Gasteiger partial charge in [-0.1, -0.05) is 6.42 Å². The average Bonchev–Trinajstić information content (AvgIpc) is 2.80. The van der Waals surface area contributed by atoms with E-state index in [1.807, 2.05) is 17.5 Å². The summed E-state index contributed by atoms with van der Waals surface area (Å²) in [4.78, 5) is 11.7. The quantitative estimate of drug-likeness (QED) is 0.824. The van der Waals surface area contributed by atoms with Gasteiger partial charge in [0.1, 0.15) is 0 Å². The molecule has 2 rings (SSSR count). The highest BCUT2D eigenvalue weighted by atomic mass is 79.9. The second-order valence-electron chi connectivity index (χ2n) is 4.95. The molecule has 1 aromatic heterocycles. The molecule has 1 fully saturated rings. The number of thiophene rings is 1. The third-order valence-electron chi connectivity index (χ3n) is 3.33. The molecule has 2 atom stereocenters. The second kappa shape index (κ2) is 7.22. The van der Waals surface area contributed by atoms with Crippen LogP contribution in [0, 0.1) is 5.92 Å². The van der Waals surface area contributed by atoms with Crippen molar-refractivity contribution < 1.29 is 9.90 Å². The summed E-state index contributed by atoms with van der Waals surface area (Å²) in [5.74, 6) is 0.346. The van der Waals surface area contributed by atoms with Crippen molar-refractivity contribution in [1.82, 2.24) is 5.32 Å². The van der Waals surface area contributed by atoms with Gasteiger partial charge in [-0.15, -0.1) is 11.3 Å². The molecule has 0 aliphatic heterocycles. The highest BCUT2D eigenvalue weighted by molar-refractivity contribution is 9.11. The molecule has 0 aromatic carbocycles. The molecule has 1 heterocycles. The Morgan fingerprint density at radius 1 is 1.58 bits per heavy atom. The van der Waals surface area contributed by atoms with Gasteiger partial charge in [-0.05, 0) is 64.2 Å². The van der Waals surface area contributed by atoms with Gasteiger partial charge in [-0.25, -0.2) is 0 Å². The lowest BCUT2D eigenvalue weighted by molar-refractivity contribution is -0.116. The monoisotopic (exact) mass is 343 g/mol. The summed E-state index contributed by atoms with van der Waals surface area (Å²) in [5, 5.41) is 14.5. The van der Waals surface area contributed by atoms with Crippen molar-refractivity contribution in [2.24, 2.45) is 5.92 Å². The van der Waals surface area contributed by atoms with E-state index in [-0.39, 0.29) is 12.0 Å². The number of aliphatic hydroxyl groups is 1. The second-order valence-corrected chi connectivity index (χ2v) is 7.24. The normalized spacial score (nSPS) is 23.7. The minimum atomic E-state index is -0.186. The van der Waals surface area contributed by atoms with Crippen molar-refractivity contribution in [2.45, 2.75) is 31.8 Å². The Kier molecular flexibility index (Phi) is 5.60. The number of rotatable bonds is 4. The first-order chi connectivity index (χ1) is 9.13. The summed E-state index contributed by atoms with van der Waals surface area (Å²) >= 11 is 4.99. The predicted octanol–water partition coefficient (Wildman–Crippen LogP) is 3.19. The third-order valence-corrected chi connectivity index (χ3v) is 4.86. The molecule has 104 valence electrons. The third kappa shape index (κ3) is 5.09. The average molecular weight is 344 g/mol. The van der Waals surface area contributed by atoms with Crippen LogP contribution in [0.15, 0.2) is 21.3 Å². The number of amides is 1. The minimum absolute atomic E-state index is 0.0672. The number of carbonyl (C=O) groups excluding carboxylic acids is 1. The molecule has 2 unspecified atom stereocenters. The Hall–Kier alpha value is -0.650. The van der Waals surface area contributed by atoms with E-state index in [9.17, 15) is 9.90 Å². The zero-order valence-corrected chi connectivity index (χ0v) is 13.0. The van der Waals surface area contributed by atoms with E-state index in [1.54, 1.807) is 17.4 Å². The van der Waals surface area contributed by atoms with Crippen LogP contribution in [0.1, 0.15) is 31.2 Å². The molecule has 1 aromatic rings. The van der Waals surface area contributed by atoms with Crippen molar-refractivity contribution in [3.63, 3.8) is 0 Å². The van der Waals surface area contributed by atoms with Gasteiger partial charge in [0.25, 0.3) is 0 Å². The molecule has 1 aliphatic carbocycles. The SMILES string of the molecule is O=C(/C=C/c1csc(Br)c1)NCC1CCCC(O)C1. The van der Waals surface area contributed by atoms with Crippen LogP contribution >= 0.6 is 27.3 Å². The van der Waals surface area contributed by atoms with Crippen LogP contribution in [-0.2, 0) is 4.79 Å². The van der Waals surface area contributed by atoms with Crippen LogP contribution in [-0.4, -0.2) is 23.7 Å². The number of hydrogen-bond acceptors (Lipinski definition) is 3. The van der Waals surface area contributed by atoms with Gasteiger partial charge in [0.2, 0.25) is 5.91 Å². The predicted molar refractivity (Wildman–Crippen MR) is 82.0 cm³/mol. The summed E-state index contributed by atoms with van der Waals surface area (Å²) in [5.41, 5.74) is 1.03. The van der Waals surface area contributed by atoms with Gasteiger partial charge in [0.05, 0.1) is 9.89 Å². The number of halogens is 1. The van der Waals surface area contributed by atoms with Gasteiger partial charge in [-0.3, -0.25) is 4.79 Å². The van der Waals surface area contributed by atoms with E-state index in [4.69, 9.17) is 0 Å². The summed E-state index contributed by atoms with van der Waals surface area (Å²) in [6.45, 7) is 0.660. The van der Waals surface area contributed by atoms with Crippen LogP contribution in [0.3, 0.4) is 0 Å². The van der Waals surface area contributed by atoms with Crippen LogP contribution in [0.25, 0.3) is 6.08 Å². The fourth-order valence-electron chi connectivity index (χ4n) is 2.33. The first-order valence-electron chi connectivity index (χ1n) is 6.51. The number of nitrogens with one attached hydrogen (secondary N) is 1. The van der Waals surface area contributed by atoms with E-state index >= 15 is 0 Å². The molecule has 3 nitrogen and oxygen atoms in total. The maximum Gasteiger partial charge on any atom is 0.244 e. The topological polar surface area (TPSA) is 49.3 Å². The molecule has 1 saturated carbocycles. The van der Waals surface area contributed by atoms with E-state index in [1.165, 1.54) is 0 Å². The Morgan fingerprint density at radius 2 is 2.42 bits per heavy atom. The van der Waals surface area contributed by atoms with E-state index in [0.29, 0.717) is 12.5 Å². The molecule has 1 amide bonds. The Balaban J connectivity index is 1.73. The summed E-state index contributed by atoms with van der Waals surface area (Å²) in [6, 6.07) is 1.98. The zero-order chi connectivity index (χ0) is 13.7. The van der Waals surface area contributed by atoms with Crippen molar-refractivity contribution in [3.05, 3.63) is 26.9 Å². The minimum Gasteiger partial charge on any atom is -0.393 e. The van der Waals surface area contributed by atoms with Gasteiger partial charge in [0, 0.05) is 12.6 Å². The standard InChI is InChI=1S/C14H18BrNO2S/c15-13-7-11(9-19-13)4-5-14(18)16-8-10-2-1-3-12(17)6-10/h4-5,7,9-10,12,17H,1-3,6,8H2,(H,16,18)/b5-4+. The molecule has 0 radical (unpaired) electrons. The lowest BCUT2D eigenvalue weighted by atomic mass is 9.87. The maximum absolute atomic E-state index is 11.7. The van der Waals surface area contributed by atoms with Crippen LogP contribution in [0.5, 0.6) is 0 Å². The largest absolute Gasteiger partial charge is 0.393 e. The summed E-state index contributed by atoms with van der Waals surface area (Å²) in [6.07, 6.45) is 7.05. The Bertz CT molecular complexity index is 458. The molecule has 5 heteroatoms. The highest BCUT2D eigenvalue weighted by Crippen LogP contribution is 2.23. The lowest BCUT2D eigenvalue weighted by Crippen LogP contribution is -2.31. The molecule has 2 N–H and O–H groups in total. The molecular weight excluding hydrogens is 326 g/mol. The maximum atomic E-state index is 11.7. The fourth-order valence-corrected chi connectivity index (χ4v) is 3.48. The van der Waals surface area contributed by atoms with Crippen LogP contribution in [0.4, 0.5) is 0 Å². The van der Waals surface area contributed by atoms with E-state index < -0.39 is 0 Å². The van der Waals surface area contributed by atoms with Gasteiger partial charge in [0.15, 0.2) is 0 Å². The van der Waals surface area contributed by atoms with Crippen LogP contribution in [0.2, 0.25) is 0 Å². The number of aliphatic hydroxyl groups excluding tert-OH is 1. The first kappa shape index (κ1) is 14.8. The molecule has 0 bridgehead atoms. The lowest BCUT2D eigenvalue weighted by Gasteiger charge is -2.25. The van der Waals surface area contributed by atoms with Crippen molar-refractivity contribution >= 4 is 39.2 Å². The first-order valence-corrected chi connectivity index (χ1v) is 8.19. The number of carbonyl (C=O) groups is 1. The number of hydrogen-bond donors (Lipinski definition) is 2. The molecule has 0 saturated heterocycles. The van der Waals surface area contributed by atoms with Gasteiger partial charge in [-0.2, -0.15) is 0 Å². The molecule has 1 aliphatic rings. The summed E-state index contributed by atoms with van der Waals surface area (Å²) in [7, 11) is 0. The fraction of sp³-hybridized carbons (Fsp3) is 0.500. The molecule has 19 heavy (non-hydrogen) atoms. The van der Waals surface area contributed by atoms with Crippen molar-refractivity contribution in [1.29, 1.82) is 0 Å². The van der Waals surface area contributed by atoms with Crippen molar-refractivity contribution in [2.75, 3.05) is 6.54 Å². The smallest absolute Gasteiger partial charge is 0.244 e. The van der Waals surface area contributed by atoms with Gasteiger partial charge < -0.3 is 10.4 Å². The Morgan fingerprint density at radius 3 is 3.11 bits per heavy atom.